The van der Waals surface area contributed by atoms with E-state index in [1.54, 1.807) is 57.8 Å². The largest absolute Gasteiger partial charge is 0.497 e. The number of likely N-dealkylation sites (N-methyl/N-ethyl adjacent to an activating group) is 1. The Bertz CT molecular complexity index is 1570. The first-order valence-electron chi connectivity index (χ1n) is 12.5. The molecule has 1 unspecified atom stereocenters. The van der Waals surface area contributed by atoms with Crippen LogP contribution in [0, 0.1) is 0 Å². The Morgan fingerprint density at radius 2 is 1.80 bits per heavy atom. The van der Waals surface area contributed by atoms with Crippen molar-refractivity contribution in [2.75, 3.05) is 52.8 Å². The molecule has 0 saturated heterocycles. The Hall–Kier alpha value is -4.45. The van der Waals surface area contributed by atoms with Crippen molar-refractivity contribution >= 4 is 34.0 Å². The molecule has 2 aromatic carbocycles. The zero-order valence-corrected chi connectivity index (χ0v) is 22.4. The van der Waals surface area contributed by atoms with Crippen molar-refractivity contribution in [3.05, 3.63) is 60.6 Å². The van der Waals surface area contributed by atoms with Gasteiger partial charge in [0.15, 0.2) is 17.7 Å². The molecule has 208 valence electrons. The molecular formula is C28H28F3N6O3+. The Morgan fingerprint density at radius 1 is 1.07 bits per heavy atom. The highest BCUT2D eigenvalue weighted by atomic mass is 19.4. The molecule has 9 nitrogen and oxygen atoms in total. The SMILES string of the molecule is CNC(=O)c1cc(-c2cnc3ccc4c(c3n2)[N+](C)(CC(F)(F)F)CCN4c2cc(OC)cc(OC)c2)ccn1. The van der Waals surface area contributed by atoms with Crippen LogP contribution in [0.4, 0.5) is 30.2 Å². The lowest BCUT2D eigenvalue weighted by Crippen LogP contribution is -2.57. The second-order valence-electron chi connectivity index (χ2n) is 9.68. The van der Waals surface area contributed by atoms with Gasteiger partial charge in [0.1, 0.15) is 29.4 Å². The molecule has 1 aliphatic heterocycles. The molecule has 5 rings (SSSR count). The van der Waals surface area contributed by atoms with Gasteiger partial charge >= 0.3 is 6.18 Å². The summed E-state index contributed by atoms with van der Waals surface area (Å²) in [4.78, 5) is 27.5. The average molecular weight is 554 g/mol. The van der Waals surface area contributed by atoms with E-state index in [1.165, 1.54) is 13.2 Å². The van der Waals surface area contributed by atoms with Crippen LogP contribution in [0.3, 0.4) is 0 Å². The Morgan fingerprint density at radius 3 is 2.45 bits per heavy atom. The zero-order chi connectivity index (χ0) is 28.7. The van der Waals surface area contributed by atoms with Crippen molar-refractivity contribution in [3.8, 4) is 22.8 Å². The third-order valence-electron chi connectivity index (χ3n) is 7.01. The lowest BCUT2D eigenvalue weighted by atomic mass is 10.1. The number of anilines is 2. The van der Waals surface area contributed by atoms with Gasteiger partial charge in [-0.05, 0) is 24.3 Å². The van der Waals surface area contributed by atoms with E-state index < -0.39 is 17.2 Å². The van der Waals surface area contributed by atoms with Crippen molar-refractivity contribution in [1.29, 1.82) is 0 Å². The van der Waals surface area contributed by atoms with Gasteiger partial charge in [0.05, 0.1) is 45.2 Å². The van der Waals surface area contributed by atoms with E-state index in [9.17, 15) is 18.0 Å². The molecule has 2 aromatic heterocycles. The number of carbonyl (C=O) groups excluding carboxylic acids is 1. The molecule has 0 radical (unpaired) electrons. The minimum atomic E-state index is -4.42. The van der Waals surface area contributed by atoms with Crippen molar-refractivity contribution in [1.82, 2.24) is 24.8 Å². The van der Waals surface area contributed by atoms with Crippen LogP contribution in [0.5, 0.6) is 11.5 Å². The lowest BCUT2D eigenvalue weighted by Gasteiger charge is -2.43. The fourth-order valence-electron chi connectivity index (χ4n) is 5.11. The number of nitrogens with one attached hydrogen (secondary N) is 1. The van der Waals surface area contributed by atoms with Crippen LogP contribution in [0.25, 0.3) is 22.3 Å². The smallest absolute Gasteiger partial charge is 0.438 e. The number of quaternary nitrogens is 1. The van der Waals surface area contributed by atoms with E-state index >= 15 is 0 Å². The normalized spacial score (nSPS) is 16.9. The molecule has 1 N–H and O–H groups in total. The van der Waals surface area contributed by atoms with E-state index in [-0.39, 0.29) is 18.1 Å². The number of ether oxygens (including phenoxy) is 2. The maximum absolute atomic E-state index is 14.0. The van der Waals surface area contributed by atoms with Crippen molar-refractivity contribution in [2.45, 2.75) is 6.18 Å². The molecule has 0 spiro atoms. The number of aromatic nitrogens is 3. The quantitative estimate of drug-likeness (QED) is 0.346. The lowest BCUT2D eigenvalue weighted by molar-refractivity contribution is -0.141. The Labute approximate surface area is 228 Å². The Balaban J connectivity index is 1.74. The second-order valence-corrected chi connectivity index (χ2v) is 9.68. The number of pyridine rings is 1. The van der Waals surface area contributed by atoms with E-state index in [4.69, 9.17) is 14.5 Å². The molecule has 40 heavy (non-hydrogen) atoms. The highest BCUT2D eigenvalue weighted by Gasteiger charge is 2.46. The van der Waals surface area contributed by atoms with Crippen molar-refractivity contribution in [2.24, 2.45) is 0 Å². The van der Waals surface area contributed by atoms with E-state index in [0.29, 0.717) is 57.4 Å². The molecule has 0 fully saturated rings. The maximum Gasteiger partial charge on any atom is 0.438 e. The van der Waals surface area contributed by atoms with Crippen LogP contribution >= 0.6 is 0 Å². The summed E-state index contributed by atoms with van der Waals surface area (Å²) in [6.45, 7) is -0.599. The number of carbonyl (C=O) groups is 1. The van der Waals surface area contributed by atoms with Crippen molar-refractivity contribution in [3.63, 3.8) is 0 Å². The van der Waals surface area contributed by atoms with Gasteiger partial charge in [-0.1, -0.05) is 0 Å². The standard InChI is InChI=1S/C28H27F3N6O3/c1-32-27(38)22-11-17(7-8-33-22)23-15-34-21-5-6-24-26(25(21)35-23)37(2,16-28(29,30)31)10-9-36(24)18-12-19(39-3)14-20(13-18)40-4/h5-8,11-15H,9-10,16H2,1-4H3/p+1. The van der Waals surface area contributed by atoms with Gasteiger partial charge in [0.2, 0.25) is 0 Å². The van der Waals surface area contributed by atoms with Crippen LogP contribution in [0.1, 0.15) is 10.5 Å². The fourth-order valence-corrected chi connectivity index (χ4v) is 5.11. The van der Waals surface area contributed by atoms with Crippen LogP contribution in [0.15, 0.2) is 54.9 Å². The van der Waals surface area contributed by atoms with Gasteiger partial charge < -0.3 is 19.7 Å². The predicted molar refractivity (Wildman–Crippen MR) is 146 cm³/mol. The number of nitrogens with zero attached hydrogens (tertiary/aromatic N) is 5. The number of rotatable bonds is 6. The third kappa shape index (κ3) is 5.09. The molecule has 4 aromatic rings. The number of alkyl halides is 3. The fraction of sp³-hybridized carbons (Fsp3) is 0.286. The van der Waals surface area contributed by atoms with Gasteiger partial charge in [-0.2, -0.15) is 13.2 Å². The average Bonchev–Trinajstić information content (AvgIpc) is 2.95. The molecule has 3 heterocycles. The second kappa shape index (κ2) is 10.3. The topological polar surface area (TPSA) is 89.5 Å². The zero-order valence-electron chi connectivity index (χ0n) is 22.4. The van der Waals surface area contributed by atoms with Crippen LogP contribution < -0.4 is 24.2 Å². The first kappa shape index (κ1) is 27.1. The molecule has 1 amide bonds. The first-order valence-corrected chi connectivity index (χ1v) is 12.5. The molecule has 0 bridgehead atoms. The van der Waals surface area contributed by atoms with Gasteiger partial charge in [0.25, 0.3) is 5.91 Å². The molecule has 0 aliphatic carbocycles. The maximum atomic E-state index is 14.0. The predicted octanol–water partition coefficient (Wildman–Crippen LogP) is 4.72. The molecule has 1 aliphatic rings. The van der Waals surface area contributed by atoms with E-state index in [1.807, 2.05) is 17.0 Å². The number of hydrogen-bond donors (Lipinski definition) is 1. The minimum Gasteiger partial charge on any atom is -0.497 e. The van der Waals surface area contributed by atoms with Crippen LogP contribution in [-0.2, 0) is 0 Å². The van der Waals surface area contributed by atoms with Crippen LogP contribution in [0.2, 0.25) is 0 Å². The summed E-state index contributed by atoms with van der Waals surface area (Å²) in [5.41, 5.74) is 3.66. The monoisotopic (exact) mass is 553 g/mol. The molecule has 0 saturated carbocycles. The van der Waals surface area contributed by atoms with Crippen LogP contribution in [-0.4, -0.2) is 75.0 Å². The number of fused-ring (bicyclic) bond motifs is 3. The Kier molecular flexibility index (Phi) is 6.96. The van der Waals surface area contributed by atoms with Gasteiger partial charge in [-0.15, -0.1) is 0 Å². The molecular weight excluding hydrogens is 525 g/mol. The summed E-state index contributed by atoms with van der Waals surface area (Å²) >= 11 is 0. The summed E-state index contributed by atoms with van der Waals surface area (Å²) in [6.07, 6.45) is -1.40. The molecule has 12 heteroatoms. The number of hydrogen-bond acceptors (Lipinski definition) is 7. The molecule has 1 atom stereocenters. The van der Waals surface area contributed by atoms with Crippen molar-refractivity contribution < 1.29 is 27.4 Å². The van der Waals surface area contributed by atoms with E-state index in [2.05, 4.69) is 15.3 Å². The highest BCUT2D eigenvalue weighted by Crippen LogP contribution is 2.47. The third-order valence-corrected chi connectivity index (χ3v) is 7.01. The highest BCUT2D eigenvalue weighted by molar-refractivity contribution is 5.98. The van der Waals surface area contributed by atoms with Gasteiger partial charge in [-0.3, -0.25) is 19.2 Å². The summed E-state index contributed by atoms with van der Waals surface area (Å²) in [5, 5.41) is 2.53. The van der Waals surface area contributed by atoms with Gasteiger partial charge in [-0.25, -0.2) is 4.98 Å². The number of benzene rings is 2. The first-order chi connectivity index (χ1) is 19.0. The summed E-state index contributed by atoms with van der Waals surface area (Å²) in [7, 11) is 6.15. The summed E-state index contributed by atoms with van der Waals surface area (Å²) in [5.74, 6) is 0.745. The summed E-state index contributed by atoms with van der Waals surface area (Å²) < 4.78 is 52.3. The van der Waals surface area contributed by atoms with Gasteiger partial charge in [0, 0.05) is 42.7 Å². The summed E-state index contributed by atoms with van der Waals surface area (Å²) in [6, 6.07) is 12.1. The number of amides is 1. The number of methoxy groups -OCH3 is 2. The minimum absolute atomic E-state index is 0.160. The van der Waals surface area contributed by atoms with E-state index in [0.717, 1.165) is 0 Å². The number of halogens is 3.